The van der Waals surface area contributed by atoms with Crippen LogP contribution in [0.15, 0.2) is 44.0 Å². The molecule has 1 heterocycles. The molecule has 142 valence electrons. The molecule has 0 radical (unpaired) electrons. The largest absolute Gasteiger partial charge is 0.507 e. The Balaban J connectivity index is 1.73. The van der Waals surface area contributed by atoms with Crippen LogP contribution in [0.2, 0.25) is 0 Å². The molecule has 0 saturated carbocycles. The molecular weight excluding hydrogens is 422 g/mol. The van der Waals surface area contributed by atoms with Gasteiger partial charge in [-0.15, -0.1) is 10.1 Å². The third-order valence-electron chi connectivity index (χ3n) is 3.94. The molecule has 8 nitrogen and oxygen atoms in total. The molecule has 0 spiro atoms. The summed E-state index contributed by atoms with van der Waals surface area (Å²) in [6, 6.07) is 8.03. The van der Waals surface area contributed by atoms with Gasteiger partial charge in [0.1, 0.15) is 28.1 Å². The number of phenolic OH excluding ortho intramolecular Hbond substituents is 1. The topological polar surface area (TPSA) is 112 Å². The van der Waals surface area contributed by atoms with Crippen molar-refractivity contribution in [2.24, 2.45) is 0 Å². The van der Waals surface area contributed by atoms with Crippen LogP contribution < -0.4 is 10.2 Å². The van der Waals surface area contributed by atoms with E-state index in [1.807, 2.05) is 0 Å². The van der Waals surface area contributed by atoms with Crippen LogP contribution in [0.1, 0.15) is 19.3 Å². The number of hydrogen-bond donors (Lipinski definition) is 1. The van der Waals surface area contributed by atoms with Gasteiger partial charge >= 0.3 is 0 Å². The molecule has 3 aromatic rings. The van der Waals surface area contributed by atoms with E-state index in [0.29, 0.717) is 42.6 Å². The number of phenols is 1. The lowest BCUT2D eigenvalue weighted by atomic mass is 10.1. The third-order valence-corrected chi connectivity index (χ3v) is 4.44. The minimum Gasteiger partial charge on any atom is -0.507 e. The average Bonchev–Trinajstić information content (AvgIpc) is 2.61. The molecule has 0 amide bonds. The van der Waals surface area contributed by atoms with Crippen molar-refractivity contribution >= 4 is 37.9 Å². The van der Waals surface area contributed by atoms with E-state index in [2.05, 4.69) is 20.8 Å². The molecular formula is C18H16BrNO7. The summed E-state index contributed by atoms with van der Waals surface area (Å²) in [6.07, 6.45) is 1.90. The van der Waals surface area contributed by atoms with Crippen molar-refractivity contribution in [3.63, 3.8) is 0 Å². The van der Waals surface area contributed by atoms with Crippen molar-refractivity contribution < 1.29 is 24.2 Å². The highest BCUT2D eigenvalue weighted by molar-refractivity contribution is 9.10. The van der Waals surface area contributed by atoms with Crippen LogP contribution in [0.3, 0.4) is 0 Å². The van der Waals surface area contributed by atoms with Gasteiger partial charge in [-0.2, -0.15) is 0 Å². The molecule has 0 aliphatic carbocycles. The molecule has 1 aromatic heterocycles. The first-order chi connectivity index (χ1) is 13.0. The Hall–Kier alpha value is -2.81. The van der Waals surface area contributed by atoms with Crippen molar-refractivity contribution in [3.8, 4) is 11.5 Å². The van der Waals surface area contributed by atoms with Crippen LogP contribution in [0, 0.1) is 10.1 Å². The lowest BCUT2D eigenvalue weighted by molar-refractivity contribution is -0.757. The van der Waals surface area contributed by atoms with Gasteiger partial charge in [0.05, 0.1) is 18.6 Å². The molecule has 0 bridgehead atoms. The maximum atomic E-state index is 12.6. The number of nitrogens with zero attached hydrogens (tertiary/aromatic N) is 1. The van der Waals surface area contributed by atoms with Gasteiger partial charge < -0.3 is 19.1 Å². The minimum atomic E-state index is -0.815. The molecule has 0 atom stereocenters. The maximum Gasteiger partial charge on any atom is 0.294 e. The summed E-state index contributed by atoms with van der Waals surface area (Å²) < 4.78 is 12.1. The van der Waals surface area contributed by atoms with E-state index in [-0.39, 0.29) is 28.8 Å². The van der Waals surface area contributed by atoms with E-state index in [4.69, 9.17) is 9.15 Å². The summed E-state index contributed by atoms with van der Waals surface area (Å²) in [5.41, 5.74) is 0.338. The monoisotopic (exact) mass is 437 g/mol. The van der Waals surface area contributed by atoms with E-state index >= 15 is 0 Å². The zero-order valence-electron chi connectivity index (χ0n) is 14.1. The summed E-state index contributed by atoms with van der Waals surface area (Å²) in [7, 11) is 0. The standard InChI is InChI=1S/C18H16BrNO7/c19-11-4-5-15-13(8-11)18(22)17-14(21)9-12(10-16(17)27-15)25-6-2-1-3-7-26-20(23)24/h4-5,8-10,21H,1-3,6-7H2. The first-order valence-electron chi connectivity index (χ1n) is 8.25. The summed E-state index contributed by atoms with van der Waals surface area (Å²) >= 11 is 3.31. The van der Waals surface area contributed by atoms with Crippen LogP contribution in [-0.4, -0.2) is 23.4 Å². The van der Waals surface area contributed by atoms with Gasteiger partial charge in [-0.05, 0) is 37.5 Å². The van der Waals surface area contributed by atoms with Crippen LogP contribution in [-0.2, 0) is 4.84 Å². The average molecular weight is 438 g/mol. The maximum absolute atomic E-state index is 12.6. The molecule has 0 saturated heterocycles. The molecule has 1 N–H and O–H groups in total. The minimum absolute atomic E-state index is 0.0537. The zero-order chi connectivity index (χ0) is 19.4. The molecule has 3 rings (SSSR count). The van der Waals surface area contributed by atoms with Crippen molar-refractivity contribution in [3.05, 3.63) is 55.1 Å². The zero-order valence-corrected chi connectivity index (χ0v) is 15.7. The van der Waals surface area contributed by atoms with E-state index in [0.717, 1.165) is 4.47 Å². The van der Waals surface area contributed by atoms with Gasteiger partial charge in [0.15, 0.2) is 0 Å². The number of ether oxygens (including phenoxy) is 1. The molecule has 0 aliphatic heterocycles. The fourth-order valence-corrected chi connectivity index (χ4v) is 3.06. The lowest BCUT2D eigenvalue weighted by Gasteiger charge is -2.09. The van der Waals surface area contributed by atoms with Crippen LogP contribution in [0.25, 0.3) is 21.9 Å². The Labute approximate surface area is 161 Å². The summed E-state index contributed by atoms with van der Waals surface area (Å²) in [4.78, 5) is 26.9. The highest BCUT2D eigenvalue weighted by Gasteiger charge is 2.14. The van der Waals surface area contributed by atoms with Crippen molar-refractivity contribution in [2.75, 3.05) is 13.2 Å². The number of halogens is 1. The Morgan fingerprint density at radius 3 is 2.67 bits per heavy atom. The molecule has 0 aliphatic rings. The van der Waals surface area contributed by atoms with E-state index in [1.54, 1.807) is 24.3 Å². The van der Waals surface area contributed by atoms with E-state index in [1.165, 1.54) is 6.07 Å². The van der Waals surface area contributed by atoms with Crippen LogP contribution >= 0.6 is 15.9 Å². The van der Waals surface area contributed by atoms with Crippen molar-refractivity contribution in [1.29, 1.82) is 0 Å². The normalized spacial score (nSPS) is 11.0. The van der Waals surface area contributed by atoms with Crippen molar-refractivity contribution in [2.45, 2.75) is 19.3 Å². The number of hydrogen-bond acceptors (Lipinski definition) is 7. The second kappa shape index (κ2) is 8.26. The summed E-state index contributed by atoms with van der Waals surface area (Å²) in [6.45, 7) is 0.409. The highest BCUT2D eigenvalue weighted by atomic mass is 79.9. The lowest BCUT2D eigenvalue weighted by Crippen LogP contribution is -2.04. The number of fused-ring (bicyclic) bond motifs is 2. The Bertz CT molecular complexity index is 1050. The van der Waals surface area contributed by atoms with Gasteiger partial charge in [0, 0.05) is 16.6 Å². The van der Waals surface area contributed by atoms with Crippen molar-refractivity contribution in [1.82, 2.24) is 0 Å². The second-order valence-corrected chi connectivity index (χ2v) is 6.77. The first kappa shape index (κ1) is 19.0. The van der Waals surface area contributed by atoms with Gasteiger partial charge in [0.2, 0.25) is 5.43 Å². The number of benzene rings is 2. The molecule has 0 unspecified atom stereocenters. The van der Waals surface area contributed by atoms with Crippen LogP contribution in [0.4, 0.5) is 0 Å². The second-order valence-electron chi connectivity index (χ2n) is 5.85. The SMILES string of the molecule is O=c1c2cc(Br)ccc2oc2cc(OCCCCCO[N+](=O)[O-])cc(O)c12. The highest BCUT2D eigenvalue weighted by Crippen LogP contribution is 2.31. The molecule has 2 aromatic carbocycles. The van der Waals surface area contributed by atoms with Gasteiger partial charge in [-0.25, -0.2) is 0 Å². The van der Waals surface area contributed by atoms with E-state index < -0.39 is 5.09 Å². The van der Waals surface area contributed by atoms with Gasteiger partial charge in [-0.1, -0.05) is 15.9 Å². The summed E-state index contributed by atoms with van der Waals surface area (Å²) in [5.74, 6) is 0.165. The molecule has 0 fully saturated rings. The van der Waals surface area contributed by atoms with Crippen LogP contribution in [0.5, 0.6) is 11.5 Å². The Kier molecular flexibility index (Phi) is 5.80. The third kappa shape index (κ3) is 4.48. The Morgan fingerprint density at radius 1 is 1.11 bits per heavy atom. The number of rotatable bonds is 8. The fraction of sp³-hybridized carbons (Fsp3) is 0.278. The molecule has 9 heteroatoms. The fourth-order valence-electron chi connectivity index (χ4n) is 2.70. The number of aromatic hydroxyl groups is 1. The quantitative estimate of drug-likeness (QED) is 0.243. The van der Waals surface area contributed by atoms with Gasteiger partial charge in [0.25, 0.3) is 5.09 Å². The predicted molar refractivity (Wildman–Crippen MR) is 102 cm³/mol. The first-order valence-corrected chi connectivity index (χ1v) is 9.04. The molecule has 27 heavy (non-hydrogen) atoms. The predicted octanol–water partition coefficient (Wildman–Crippen LogP) is 4.17. The smallest absolute Gasteiger partial charge is 0.294 e. The summed E-state index contributed by atoms with van der Waals surface area (Å²) in [5, 5.41) is 19.9. The van der Waals surface area contributed by atoms with Gasteiger partial charge in [-0.3, -0.25) is 4.79 Å². The number of unbranched alkanes of at least 4 members (excludes halogenated alkanes) is 2. The Morgan fingerprint density at radius 2 is 1.89 bits per heavy atom. The van der Waals surface area contributed by atoms with E-state index in [9.17, 15) is 20.0 Å².